The van der Waals surface area contributed by atoms with Crippen molar-refractivity contribution in [3.8, 4) is 11.8 Å². The zero-order valence-electron chi connectivity index (χ0n) is 11.9. The highest BCUT2D eigenvalue weighted by molar-refractivity contribution is 5.45. The van der Waals surface area contributed by atoms with Crippen molar-refractivity contribution in [1.29, 1.82) is 0 Å². The molecule has 1 aliphatic carbocycles. The highest BCUT2D eigenvalue weighted by Gasteiger charge is 2.44. The molecule has 0 bridgehead atoms. The van der Waals surface area contributed by atoms with Crippen molar-refractivity contribution in [1.82, 2.24) is 0 Å². The fourth-order valence-electron chi connectivity index (χ4n) is 2.45. The summed E-state index contributed by atoms with van der Waals surface area (Å²) < 4.78 is 5.58. The number of aryl methyl sites for hydroxylation is 1. The second kappa shape index (κ2) is 5.15. The van der Waals surface area contributed by atoms with E-state index in [0.717, 1.165) is 24.0 Å². The van der Waals surface area contributed by atoms with Gasteiger partial charge in [0.15, 0.2) is 0 Å². The number of benzene rings is 2. The fourth-order valence-corrected chi connectivity index (χ4v) is 2.45. The van der Waals surface area contributed by atoms with Crippen LogP contribution in [-0.4, -0.2) is 7.11 Å². The second-order valence-electron chi connectivity index (χ2n) is 5.40. The van der Waals surface area contributed by atoms with Crippen LogP contribution in [0, 0.1) is 18.8 Å². The van der Waals surface area contributed by atoms with E-state index in [1.807, 2.05) is 12.1 Å². The van der Waals surface area contributed by atoms with Crippen LogP contribution >= 0.6 is 0 Å². The minimum absolute atomic E-state index is 0.0114. The predicted molar refractivity (Wildman–Crippen MR) is 81.5 cm³/mol. The zero-order chi connectivity index (χ0) is 14.0. The molecule has 0 heterocycles. The number of rotatable bonds is 2. The van der Waals surface area contributed by atoms with Gasteiger partial charge in [0.05, 0.1) is 5.60 Å². The number of hydrogen-bond acceptors (Lipinski definition) is 1. The molecule has 1 aliphatic rings. The van der Waals surface area contributed by atoms with E-state index < -0.39 is 0 Å². The third-order valence-electron chi connectivity index (χ3n) is 3.88. The molecular weight excluding hydrogens is 244 g/mol. The van der Waals surface area contributed by atoms with Crippen LogP contribution in [0.1, 0.15) is 35.1 Å². The standard InChI is InChI=1S/C19H18O/c1-15-4-3-5-17(14-15)7-6-16-8-10-18(11-9-16)19(20-2)12-13-19/h3-5,8-11,14H,12-13H2,1-2H3. The molecule has 0 spiro atoms. The first kappa shape index (κ1) is 13.0. The monoisotopic (exact) mass is 262 g/mol. The SMILES string of the molecule is COC1(c2ccc(C#Cc3cccc(C)c3)cc2)CC1. The van der Waals surface area contributed by atoms with Crippen LogP contribution in [-0.2, 0) is 10.3 Å². The van der Waals surface area contributed by atoms with E-state index in [-0.39, 0.29) is 5.60 Å². The third kappa shape index (κ3) is 2.61. The van der Waals surface area contributed by atoms with E-state index in [2.05, 4.69) is 55.2 Å². The summed E-state index contributed by atoms with van der Waals surface area (Å²) in [6.07, 6.45) is 2.25. The Morgan fingerprint density at radius 1 is 0.950 bits per heavy atom. The molecule has 20 heavy (non-hydrogen) atoms. The van der Waals surface area contributed by atoms with Crippen LogP contribution in [0.3, 0.4) is 0 Å². The average Bonchev–Trinajstić information content (AvgIpc) is 3.27. The van der Waals surface area contributed by atoms with Gasteiger partial charge in [-0.3, -0.25) is 0 Å². The Kier molecular flexibility index (Phi) is 3.34. The Bertz CT molecular complexity index is 667. The molecule has 0 radical (unpaired) electrons. The first-order valence-corrected chi connectivity index (χ1v) is 6.96. The zero-order valence-corrected chi connectivity index (χ0v) is 11.9. The molecular formula is C19H18O. The molecule has 0 aromatic heterocycles. The smallest absolute Gasteiger partial charge is 0.0929 e. The predicted octanol–water partition coefficient (Wildman–Crippen LogP) is 4.03. The first-order chi connectivity index (χ1) is 9.72. The minimum atomic E-state index is -0.0114. The number of methoxy groups -OCH3 is 1. The molecule has 2 aromatic carbocycles. The van der Waals surface area contributed by atoms with Crippen LogP contribution in [0.4, 0.5) is 0 Å². The molecule has 0 amide bonds. The molecule has 1 fully saturated rings. The van der Waals surface area contributed by atoms with E-state index in [1.54, 1.807) is 7.11 Å². The third-order valence-corrected chi connectivity index (χ3v) is 3.88. The molecule has 1 nitrogen and oxygen atoms in total. The molecule has 1 heteroatoms. The van der Waals surface area contributed by atoms with E-state index in [1.165, 1.54) is 11.1 Å². The van der Waals surface area contributed by atoms with Crippen LogP contribution in [0.15, 0.2) is 48.5 Å². The Labute approximate surface area is 120 Å². The van der Waals surface area contributed by atoms with Crippen molar-refractivity contribution in [2.24, 2.45) is 0 Å². The molecule has 0 aliphatic heterocycles. The van der Waals surface area contributed by atoms with Gasteiger partial charge in [0, 0.05) is 18.2 Å². The van der Waals surface area contributed by atoms with Gasteiger partial charge in [-0.1, -0.05) is 36.1 Å². The summed E-state index contributed by atoms with van der Waals surface area (Å²) in [6.45, 7) is 2.08. The maximum Gasteiger partial charge on any atom is 0.0929 e. The molecule has 0 atom stereocenters. The van der Waals surface area contributed by atoms with Gasteiger partial charge in [0.25, 0.3) is 0 Å². The van der Waals surface area contributed by atoms with Gasteiger partial charge < -0.3 is 4.74 Å². The summed E-state index contributed by atoms with van der Waals surface area (Å²) in [7, 11) is 1.79. The lowest BCUT2D eigenvalue weighted by atomic mass is 10.1. The normalized spacial score (nSPS) is 15.3. The topological polar surface area (TPSA) is 9.23 Å². The van der Waals surface area contributed by atoms with Gasteiger partial charge in [0.2, 0.25) is 0 Å². The lowest BCUT2D eigenvalue weighted by Gasteiger charge is -2.13. The van der Waals surface area contributed by atoms with E-state index in [9.17, 15) is 0 Å². The van der Waals surface area contributed by atoms with Gasteiger partial charge >= 0.3 is 0 Å². The van der Waals surface area contributed by atoms with Crippen molar-refractivity contribution in [2.45, 2.75) is 25.4 Å². The Balaban J connectivity index is 1.79. The summed E-state index contributed by atoms with van der Waals surface area (Å²) in [6, 6.07) is 16.7. The largest absolute Gasteiger partial charge is 0.374 e. The van der Waals surface area contributed by atoms with E-state index in [0.29, 0.717) is 0 Å². The van der Waals surface area contributed by atoms with Gasteiger partial charge in [-0.25, -0.2) is 0 Å². The Hall–Kier alpha value is -2.04. The molecule has 0 N–H and O–H groups in total. The summed E-state index contributed by atoms with van der Waals surface area (Å²) in [4.78, 5) is 0. The van der Waals surface area contributed by atoms with Gasteiger partial charge in [0.1, 0.15) is 0 Å². The van der Waals surface area contributed by atoms with E-state index in [4.69, 9.17) is 4.74 Å². The van der Waals surface area contributed by atoms with Crippen molar-refractivity contribution in [2.75, 3.05) is 7.11 Å². The van der Waals surface area contributed by atoms with Crippen molar-refractivity contribution < 1.29 is 4.74 Å². The quantitative estimate of drug-likeness (QED) is 0.742. The Morgan fingerprint density at radius 2 is 1.65 bits per heavy atom. The minimum Gasteiger partial charge on any atom is -0.374 e. The van der Waals surface area contributed by atoms with Crippen molar-refractivity contribution >= 4 is 0 Å². The number of ether oxygens (including phenoxy) is 1. The summed E-state index contributed by atoms with van der Waals surface area (Å²) in [5, 5.41) is 0. The highest BCUT2D eigenvalue weighted by Crippen LogP contribution is 2.48. The summed E-state index contributed by atoms with van der Waals surface area (Å²) in [5.41, 5.74) is 4.60. The first-order valence-electron chi connectivity index (χ1n) is 6.96. The maximum absolute atomic E-state index is 5.58. The van der Waals surface area contributed by atoms with Crippen LogP contribution in [0.25, 0.3) is 0 Å². The molecule has 0 unspecified atom stereocenters. The average molecular weight is 262 g/mol. The molecule has 100 valence electrons. The van der Waals surface area contributed by atoms with Crippen LogP contribution < -0.4 is 0 Å². The summed E-state index contributed by atoms with van der Waals surface area (Å²) >= 11 is 0. The Morgan fingerprint density at radius 3 is 2.25 bits per heavy atom. The van der Waals surface area contributed by atoms with E-state index >= 15 is 0 Å². The van der Waals surface area contributed by atoms with Gasteiger partial charge in [-0.2, -0.15) is 0 Å². The van der Waals surface area contributed by atoms with Crippen LogP contribution in [0.5, 0.6) is 0 Å². The second-order valence-corrected chi connectivity index (χ2v) is 5.40. The summed E-state index contributed by atoms with van der Waals surface area (Å²) in [5.74, 6) is 6.42. The maximum atomic E-state index is 5.58. The van der Waals surface area contributed by atoms with Crippen LogP contribution in [0.2, 0.25) is 0 Å². The van der Waals surface area contributed by atoms with Gasteiger partial charge in [-0.05, 0) is 55.2 Å². The van der Waals surface area contributed by atoms with Gasteiger partial charge in [-0.15, -0.1) is 0 Å². The molecule has 1 saturated carbocycles. The lowest BCUT2D eigenvalue weighted by Crippen LogP contribution is -2.08. The lowest BCUT2D eigenvalue weighted by molar-refractivity contribution is 0.0789. The molecule has 0 saturated heterocycles. The molecule has 2 aromatic rings. The number of hydrogen-bond donors (Lipinski definition) is 0. The van der Waals surface area contributed by atoms with Crippen molar-refractivity contribution in [3.05, 3.63) is 70.8 Å². The molecule has 3 rings (SSSR count). The van der Waals surface area contributed by atoms with Crippen molar-refractivity contribution in [3.63, 3.8) is 0 Å². The highest BCUT2D eigenvalue weighted by atomic mass is 16.5. The fraction of sp³-hybridized carbons (Fsp3) is 0.263.